The summed E-state index contributed by atoms with van der Waals surface area (Å²) in [5.74, 6) is -0.516. The molecule has 0 saturated carbocycles. The molecule has 1 saturated heterocycles. The maximum absolute atomic E-state index is 12.5. The van der Waals surface area contributed by atoms with Crippen molar-refractivity contribution in [2.45, 2.75) is 32.6 Å². The minimum Gasteiger partial charge on any atom is -0.478 e. The Bertz CT molecular complexity index is 498. The van der Waals surface area contributed by atoms with E-state index in [1.165, 1.54) is 6.07 Å². The van der Waals surface area contributed by atoms with E-state index in [9.17, 15) is 14.7 Å². The van der Waals surface area contributed by atoms with Crippen LogP contribution in [-0.2, 0) is 0 Å². The summed E-state index contributed by atoms with van der Waals surface area (Å²) in [6.45, 7) is 3.64. The normalized spacial score (nSPS) is 19.4. The minimum atomic E-state index is -1.05. The molecule has 1 aromatic carbocycles. The van der Waals surface area contributed by atoms with Crippen molar-refractivity contribution in [1.82, 2.24) is 4.90 Å². The Morgan fingerprint density at radius 2 is 1.90 bits per heavy atom. The Morgan fingerprint density at radius 1 is 1.20 bits per heavy atom. The van der Waals surface area contributed by atoms with Gasteiger partial charge in [0.05, 0.1) is 11.1 Å². The third-order valence-electron chi connectivity index (χ3n) is 4.10. The molecule has 1 atom stereocenters. The van der Waals surface area contributed by atoms with Crippen molar-refractivity contribution in [2.75, 3.05) is 13.1 Å². The molecule has 1 aliphatic heterocycles. The molecule has 20 heavy (non-hydrogen) atoms. The van der Waals surface area contributed by atoms with Gasteiger partial charge in [0, 0.05) is 13.1 Å². The van der Waals surface area contributed by atoms with E-state index < -0.39 is 5.97 Å². The molecule has 1 heterocycles. The molecule has 4 heteroatoms. The molecule has 1 unspecified atom stereocenters. The Hall–Kier alpha value is -1.84. The SMILES string of the molecule is CCC1CCCN(C(=O)c2ccccc2C(=O)O)CC1. The highest BCUT2D eigenvalue weighted by Gasteiger charge is 2.24. The zero-order chi connectivity index (χ0) is 14.5. The first-order chi connectivity index (χ1) is 9.63. The number of carboxylic acids is 1. The number of likely N-dealkylation sites (tertiary alicyclic amines) is 1. The molecular weight excluding hydrogens is 254 g/mol. The summed E-state index contributed by atoms with van der Waals surface area (Å²) in [6, 6.07) is 6.46. The van der Waals surface area contributed by atoms with Crippen LogP contribution in [-0.4, -0.2) is 35.0 Å². The quantitative estimate of drug-likeness (QED) is 0.922. The van der Waals surface area contributed by atoms with E-state index >= 15 is 0 Å². The second kappa shape index (κ2) is 6.55. The molecule has 2 rings (SSSR count). The number of nitrogens with zero attached hydrogens (tertiary/aromatic N) is 1. The van der Waals surface area contributed by atoms with E-state index in [1.54, 1.807) is 23.1 Å². The van der Waals surface area contributed by atoms with Crippen LogP contribution in [0.4, 0.5) is 0 Å². The van der Waals surface area contributed by atoms with Gasteiger partial charge < -0.3 is 10.0 Å². The first-order valence-electron chi connectivity index (χ1n) is 7.25. The van der Waals surface area contributed by atoms with Crippen LogP contribution in [0.15, 0.2) is 24.3 Å². The molecule has 1 amide bonds. The molecular formula is C16H21NO3. The standard InChI is InChI=1S/C16H21NO3/c1-2-12-6-5-10-17(11-9-12)15(18)13-7-3-4-8-14(13)16(19)20/h3-4,7-8,12H,2,5-6,9-11H2,1H3,(H,19,20). The zero-order valence-corrected chi connectivity index (χ0v) is 11.8. The third-order valence-corrected chi connectivity index (χ3v) is 4.10. The molecule has 1 N–H and O–H groups in total. The number of rotatable bonds is 3. The summed E-state index contributed by atoms with van der Waals surface area (Å²) in [5.41, 5.74) is 0.392. The van der Waals surface area contributed by atoms with Crippen LogP contribution in [0.3, 0.4) is 0 Å². The smallest absolute Gasteiger partial charge is 0.336 e. The van der Waals surface area contributed by atoms with Crippen molar-refractivity contribution in [3.8, 4) is 0 Å². The lowest BCUT2D eigenvalue weighted by Gasteiger charge is -2.21. The highest BCUT2D eigenvalue weighted by Crippen LogP contribution is 2.22. The van der Waals surface area contributed by atoms with Gasteiger partial charge in [-0.1, -0.05) is 25.5 Å². The maximum atomic E-state index is 12.5. The van der Waals surface area contributed by atoms with Crippen molar-refractivity contribution < 1.29 is 14.7 Å². The van der Waals surface area contributed by atoms with Gasteiger partial charge in [-0.15, -0.1) is 0 Å². The first-order valence-corrected chi connectivity index (χ1v) is 7.25. The van der Waals surface area contributed by atoms with Crippen LogP contribution in [0.5, 0.6) is 0 Å². The van der Waals surface area contributed by atoms with E-state index in [-0.39, 0.29) is 11.5 Å². The summed E-state index contributed by atoms with van der Waals surface area (Å²) >= 11 is 0. The topological polar surface area (TPSA) is 57.6 Å². The molecule has 0 spiro atoms. The Kier molecular flexibility index (Phi) is 4.77. The highest BCUT2D eigenvalue weighted by atomic mass is 16.4. The van der Waals surface area contributed by atoms with E-state index in [4.69, 9.17) is 0 Å². The fourth-order valence-corrected chi connectivity index (χ4v) is 2.80. The average Bonchev–Trinajstić information content (AvgIpc) is 2.71. The summed E-state index contributed by atoms with van der Waals surface area (Å²) in [5, 5.41) is 9.18. The van der Waals surface area contributed by atoms with Crippen molar-refractivity contribution in [2.24, 2.45) is 5.92 Å². The van der Waals surface area contributed by atoms with Gasteiger partial charge >= 0.3 is 5.97 Å². The van der Waals surface area contributed by atoms with Crippen LogP contribution < -0.4 is 0 Å². The van der Waals surface area contributed by atoms with Gasteiger partial charge in [-0.3, -0.25) is 4.79 Å². The number of hydrogen-bond acceptors (Lipinski definition) is 2. The first kappa shape index (κ1) is 14.6. The lowest BCUT2D eigenvalue weighted by atomic mass is 9.98. The highest BCUT2D eigenvalue weighted by molar-refractivity contribution is 6.04. The van der Waals surface area contributed by atoms with Crippen LogP contribution in [0.25, 0.3) is 0 Å². The Morgan fingerprint density at radius 3 is 2.55 bits per heavy atom. The number of amides is 1. The molecule has 0 bridgehead atoms. The zero-order valence-electron chi connectivity index (χ0n) is 11.8. The maximum Gasteiger partial charge on any atom is 0.336 e. The molecule has 108 valence electrons. The molecule has 1 aromatic rings. The summed E-state index contributed by atoms with van der Waals surface area (Å²) in [4.78, 5) is 25.5. The monoisotopic (exact) mass is 275 g/mol. The number of carbonyl (C=O) groups is 2. The Labute approximate surface area is 119 Å². The summed E-state index contributed by atoms with van der Waals surface area (Å²) < 4.78 is 0. The van der Waals surface area contributed by atoms with Crippen LogP contribution >= 0.6 is 0 Å². The van der Waals surface area contributed by atoms with Crippen LogP contribution in [0.1, 0.15) is 53.3 Å². The van der Waals surface area contributed by atoms with Gasteiger partial charge in [0.25, 0.3) is 5.91 Å². The number of carboxylic acid groups (broad SMARTS) is 1. The number of aromatic carboxylic acids is 1. The second-order valence-corrected chi connectivity index (χ2v) is 5.35. The van der Waals surface area contributed by atoms with Gasteiger partial charge in [0.15, 0.2) is 0 Å². The van der Waals surface area contributed by atoms with E-state index in [0.717, 1.165) is 38.8 Å². The van der Waals surface area contributed by atoms with Gasteiger partial charge in [-0.2, -0.15) is 0 Å². The van der Waals surface area contributed by atoms with Crippen molar-refractivity contribution in [1.29, 1.82) is 0 Å². The fourth-order valence-electron chi connectivity index (χ4n) is 2.80. The lowest BCUT2D eigenvalue weighted by molar-refractivity contribution is 0.0676. The van der Waals surface area contributed by atoms with Crippen LogP contribution in [0.2, 0.25) is 0 Å². The third kappa shape index (κ3) is 3.18. The predicted molar refractivity (Wildman–Crippen MR) is 76.9 cm³/mol. The second-order valence-electron chi connectivity index (χ2n) is 5.35. The summed E-state index contributed by atoms with van der Waals surface area (Å²) in [6.07, 6.45) is 4.31. The molecule has 0 aromatic heterocycles. The predicted octanol–water partition coefficient (Wildman–Crippen LogP) is 3.04. The number of hydrogen-bond donors (Lipinski definition) is 1. The van der Waals surface area contributed by atoms with Gasteiger partial charge in [0.2, 0.25) is 0 Å². The van der Waals surface area contributed by atoms with E-state index in [0.29, 0.717) is 11.5 Å². The van der Waals surface area contributed by atoms with E-state index in [1.807, 2.05) is 0 Å². The average molecular weight is 275 g/mol. The summed E-state index contributed by atoms with van der Waals surface area (Å²) in [7, 11) is 0. The molecule has 1 aliphatic rings. The number of benzene rings is 1. The molecule has 0 radical (unpaired) electrons. The van der Waals surface area contributed by atoms with E-state index in [2.05, 4.69) is 6.92 Å². The molecule has 1 fully saturated rings. The fraction of sp³-hybridized carbons (Fsp3) is 0.500. The van der Waals surface area contributed by atoms with Crippen molar-refractivity contribution >= 4 is 11.9 Å². The van der Waals surface area contributed by atoms with Crippen molar-refractivity contribution in [3.63, 3.8) is 0 Å². The lowest BCUT2D eigenvalue weighted by Crippen LogP contribution is -2.33. The largest absolute Gasteiger partial charge is 0.478 e. The minimum absolute atomic E-state index is 0.0915. The van der Waals surface area contributed by atoms with Gasteiger partial charge in [0.1, 0.15) is 0 Å². The van der Waals surface area contributed by atoms with Crippen molar-refractivity contribution in [3.05, 3.63) is 35.4 Å². The molecule has 0 aliphatic carbocycles. The number of carbonyl (C=O) groups excluding carboxylic acids is 1. The van der Waals surface area contributed by atoms with Gasteiger partial charge in [-0.25, -0.2) is 4.79 Å². The molecule has 4 nitrogen and oxygen atoms in total. The van der Waals surface area contributed by atoms with Gasteiger partial charge in [-0.05, 0) is 37.3 Å². The Balaban J connectivity index is 2.17. The van der Waals surface area contributed by atoms with Crippen LogP contribution in [0, 0.1) is 5.92 Å².